The van der Waals surface area contributed by atoms with E-state index in [4.69, 9.17) is 9.97 Å². The molecule has 0 aliphatic heterocycles. The van der Waals surface area contributed by atoms with Gasteiger partial charge in [-0.1, -0.05) is 202 Å². The summed E-state index contributed by atoms with van der Waals surface area (Å²) in [6.07, 6.45) is 1.92. The van der Waals surface area contributed by atoms with E-state index < -0.39 is 0 Å². The van der Waals surface area contributed by atoms with E-state index in [1.54, 1.807) is 0 Å². The van der Waals surface area contributed by atoms with Crippen LogP contribution < -0.4 is 0 Å². The molecular formula is C66H61N3O. The Morgan fingerprint density at radius 1 is 0.386 bits per heavy atom. The Morgan fingerprint density at radius 3 is 1.50 bits per heavy atom. The summed E-state index contributed by atoms with van der Waals surface area (Å²) in [5.41, 5.74) is 19.0. The number of fused-ring (bicyclic) bond motifs is 1. The van der Waals surface area contributed by atoms with Crippen LogP contribution >= 0.6 is 0 Å². The van der Waals surface area contributed by atoms with Crippen molar-refractivity contribution in [2.45, 2.75) is 78.6 Å². The molecular weight excluding hydrogens is 851 g/mol. The Bertz CT molecular complexity index is 3510. The van der Waals surface area contributed by atoms with Crippen molar-refractivity contribution in [2.75, 3.05) is 0 Å². The maximum Gasteiger partial charge on any atom is 0.149 e. The summed E-state index contributed by atoms with van der Waals surface area (Å²) in [5.74, 6) is 0.951. The van der Waals surface area contributed by atoms with E-state index in [1.165, 1.54) is 16.7 Å². The van der Waals surface area contributed by atoms with Crippen molar-refractivity contribution >= 4 is 11.0 Å². The first-order valence-corrected chi connectivity index (χ1v) is 24.4. The predicted molar refractivity (Wildman–Crippen MR) is 295 cm³/mol. The van der Waals surface area contributed by atoms with E-state index in [0.29, 0.717) is 11.4 Å². The first-order valence-electron chi connectivity index (χ1n) is 24.4. The van der Waals surface area contributed by atoms with Crippen molar-refractivity contribution in [1.29, 1.82) is 0 Å². The monoisotopic (exact) mass is 911 g/mol. The molecule has 2 heterocycles. The minimum Gasteiger partial charge on any atom is -0.507 e. The third kappa shape index (κ3) is 8.98. The average Bonchev–Trinajstić information content (AvgIpc) is 3.75. The fraction of sp³-hybridized carbons (Fsp3) is 0.182. The van der Waals surface area contributed by atoms with Crippen LogP contribution in [0, 0.1) is 0 Å². The van der Waals surface area contributed by atoms with Crippen LogP contribution in [0.2, 0.25) is 0 Å². The van der Waals surface area contributed by atoms with Crippen molar-refractivity contribution in [3.05, 3.63) is 217 Å². The first-order chi connectivity index (χ1) is 33.5. The molecule has 0 amide bonds. The molecule has 70 heavy (non-hydrogen) atoms. The lowest BCUT2D eigenvalue weighted by molar-refractivity contribution is 0.446. The number of para-hydroxylation sites is 1. The normalized spacial score (nSPS) is 12.1. The lowest BCUT2D eigenvalue weighted by Crippen LogP contribution is -2.18. The molecule has 1 N–H and O–H groups in total. The van der Waals surface area contributed by atoms with E-state index in [1.807, 2.05) is 6.20 Å². The third-order valence-electron chi connectivity index (χ3n) is 13.6. The number of imidazole rings is 1. The molecule has 0 saturated heterocycles. The zero-order chi connectivity index (χ0) is 49.0. The van der Waals surface area contributed by atoms with Gasteiger partial charge in [0.05, 0.1) is 28.0 Å². The SMILES string of the molecule is CC(C)(C)c1cc(-c2nc3c(-c4cc(-c5ccccc5)cc(-c5cc(-c6ccc(-c7ccccc7)cc6)ccn5)c4)cccc3n2-c2ccc(-c3ccccc3)cc2C(C)(C)C)c(O)c(C(C)(C)C)c1. The lowest BCUT2D eigenvalue weighted by atomic mass is 9.78. The van der Waals surface area contributed by atoms with Crippen LogP contribution in [0.4, 0.5) is 0 Å². The molecule has 0 saturated carbocycles. The third-order valence-corrected chi connectivity index (χ3v) is 13.6. The summed E-state index contributed by atoms with van der Waals surface area (Å²) in [7, 11) is 0. The van der Waals surface area contributed by atoms with Gasteiger partial charge in [0.1, 0.15) is 11.6 Å². The zero-order valence-electron chi connectivity index (χ0n) is 41.8. The van der Waals surface area contributed by atoms with Gasteiger partial charge in [0.15, 0.2) is 0 Å². The largest absolute Gasteiger partial charge is 0.507 e. The molecule has 0 atom stereocenters. The molecule has 10 rings (SSSR count). The van der Waals surface area contributed by atoms with Gasteiger partial charge in [0.2, 0.25) is 0 Å². The quantitative estimate of drug-likeness (QED) is 0.165. The molecule has 0 bridgehead atoms. The number of rotatable bonds is 8. The van der Waals surface area contributed by atoms with Gasteiger partial charge < -0.3 is 5.11 Å². The minimum atomic E-state index is -0.332. The van der Waals surface area contributed by atoms with Gasteiger partial charge in [-0.15, -0.1) is 0 Å². The molecule has 10 aromatic rings. The molecule has 8 aromatic carbocycles. The van der Waals surface area contributed by atoms with E-state index in [9.17, 15) is 5.11 Å². The fourth-order valence-electron chi connectivity index (χ4n) is 9.69. The molecule has 0 fully saturated rings. The number of aromatic hydroxyl groups is 1. The summed E-state index contributed by atoms with van der Waals surface area (Å²) < 4.78 is 2.30. The van der Waals surface area contributed by atoms with Gasteiger partial charge in [0, 0.05) is 22.9 Å². The summed E-state index contributed by atoms with van der Waals surface area (Å²) in [6, 6.07) is 69.2. The summed E-state index contributed by atoms with van der Waals surface area (Å²) >= 11 is 0. The maximum absolute atomic E-state index is 12.6. The Hall–Kier alpha value is -7.82. The van der Waals surface area contributed by atoms with Crippen molar-refractivity contribution in [1.82, 2.24) is 14.5 Å². The molecule has 4 nitrogen and oxygen atoms in total. The minimum absolute atomic E-state index is 0.191. The first kappa shape index (κ1) is 45.9. The number of hydrogen-bond donors (Lipinski definition) is 1. The number of aromatic nitrogens is 3. The summed E-state index contributed by atoms with van der Waals surface area (Å²) in [4.78, 5) is 10.7. The second kappa shape index (κ2) is 17.9. The van der Waals surface area contributed by atoms with Gasteiger partial charge in [-0.3, -0.25) is 9.55 Å². The number of phenols is 1. The van der Waals surface area contributed by atoms with Gasteiger partial charge >= 0.3 is 0 Å². The molecule has 0 unspecified atom stereocenters. The van der Waals surface area contributed by atoms with Crippen LogP contribution in [0.5, 0.6) is 5.75 Å². The fourth-order valence-corrected chi connectivity index (χ4v) is 9.69. The highest BCUT2D eigenvalue weighted by molar-refractivity contribution is 5.98. The second-order valence-corrected chi connectivity index (χ2v) is 21.8. The van der Waals surface area contributed by atoms with E-state index >= 15 is 0 Å². The highest BCUT2D eigenvalue weighted by Crippen LogP contribution is 2.46. The van der Waals surface area contributed by atoms with Gasteiger partial charge in [0.25, 0.3) is 0 Å². The highest BCUT2D eigenvalue weighted by atomic mass is 16.3. The van der Waals surface area contributed by atoms with E-state index in [-0.39, 0.29) is 22.0 Å². The number of pyridine rings is 1. The smallest absolute Gasteiger partial charge is 0.149 e. The van der Waals surface area contributed by atoms with Crippen LogP contribution in [0.25, 0.3) is 95.0 Å². The standard InChI is InChI=1S/C66H61N3O/c1-64(2,3)53-41-55(62(70)57(42-53)66(7,8)9)63-68-61-54(26-19-27-60(61)69(63)59-33-32-48(39-56(59)65(4,5)6)44-22-15-11-16-23-44)51-36-50(45-24-17-12-18-25-45)37-52(38-51)58-40-49(34-35-67-58)47-30-28-46(29-31-47)43-20-13-10-14-21-43/h10-42,70H,1-9H3. The summed E-state index contributed by atoms with van der Waals surface area (Å²) in [6.45, 7) is 20.0. The second-order valence-electron chi connectivity index (χ2n) is 21.8. The van der Waals surface area contributed by atoms with Crippen molar-refractivity contribution < 1.29 is 5.11 Å². The molecule has 4 heteroatoms. The van der Waals surface area contributed by atoms with Gasteiger partial charge in [-0.25, -0.2) is 4.98 Å². The van der Waals surface area contributed by atoms with Crippen LogP contribution in [0.15, 0.2) is 200 Å². The molecule has 0 radical (unpaired) electrons. The van der Waals surface area contributed by atoms with Gasteiger partial charge in [-0.2, -0.15) is 0 Å². The molecule has 346 valence electrons. The van der Waals surface area contributed by atoms with E-state index in [0.717, 1.165) is 83.6 Å². The lowest BCUT2D eigenvalue weighted by Gasteiger charge is -2.28. The number of benzene rings is 8. The molecule has 2 aromatic heterocycles. The van der Waals surface area contributed by atoms with Crippen molar-refractivity contribution in [3.63, 3.8) is 0 Å². The maximum atomic E-state index is 12.6. The molecule has 0 aliphatic carbocycles. The Balaban J connectivity index is 1.22. The van der Waals surface area contributed by atoms with Crippen LogP contribution in [-0.2, 0) is 16.2 Å². The summed E-state index contributed by atoms with van der Waals surface area (Å²) in [5, 5.41) is 12.6. The molecule has 0 spiro atoms. The average molecular weight is 912 g/mol. The van der Waals surface area contributed by atoms with Crippen molar-refractivity contribution in [3.8, 4) is 89.7 Å². The van der Waals surface area contributed by atoms with Crippen molar-refractivity contribution in [2.24, 2.45) is 0 Å². The van der Waals surface area contributed by atoms with E-state index in [2.05, 4.69) is 261 Å². The number of phenolic OH excluding ortho intramolecular Hbond substituents is 1. The zero-order valence-corrected chi connectivity index (χ0v) is 41.8. The topological polar surface area (TPSA) is 50.9 Å². The number of hydrogen-bond acceptors (Lipinski definition) is 3. The molecule has 0 aliphatic rings. The van der Waals surface area contributed by atoms with Gasteiger partial charge in [-0.05, 0) is 132 Å². The Kier molecular flexibility index (Phi) is 11.8. The highest BCUT2D eigenvalue weighted by Gasteiger charge is 2.30. The van der Waals surface area contributed by atoms with Crippen LogP contribution in [0.3, 0.4) is 0 Å². The predicted octanol–water partition coefficient (Wildman–Crippen LogP) is 17.7. The Labute approximate surface area is 414 Å². The van der Waals surface area contributed by atoms with Crippen LogP contribution in [-0.4, -0.2) is 19.6 Å². The Morgan fingerprint density at radius 2 is 0.900 bits per heavy atom. The van der Waals surface area contributed by atoms with Crippen LogP contribution in [0.1, 0.15) is 79.0 Å². The number of nitrogens with zero attached hydrogens (tertiary/aromatic N) is 3.